The molecule has 9 heteroatoms. The number of rotatable bonds is 7. The lowest BCUT2D eigenvalue weighted by molar-refractivity contribution is -0.115. The Balaban J connectivity index is 1.66. The van der Waals surface area contributed by atoms with Crippen molar-refractivity contribution in [2.45, 2.75) is 53.1 Å². The molecule has 4 aromatic rings. The van der Waals surface area contributed by atoms with Gasteiger partial charge in [-0.1, -0.05) is 19.1 Å². The summed E-state index contributed by atoms with van der Waals surface area (Å²) in [4.78, 5) is 30.6. The van der Waals surface area contributed by atoms with Crippen LogP contribution in [-0.4, -0.2) is 31.6 Å². The van der Waals surface area contributed by atoms with E-state index in [0.717, 1.165) is 50.8 Å². The Hall–Kier alpha value is -4.50. The smallest absolute Gasteiger partial charge is 0.335 e. The Labute approximate surface area is 245 Å². The molecule has 0 spiro atoms. The average molecular weight is 568 g/mol. The highest BCUT2D eigenvalue weighted by atomic mass is 32.1. The van der Waals surface area contributed by atoms with E-state index in [1.165, 1.54) is 0 Å². The SMILES string of the molecule is CCC(=O)Nc1ccc(N2C(=S)N[C@@H](c3ccccn3)[C@@H]2c2cc(C)n(-c3cc(C(=O)O)ccc3C)c2C)cc1C. The van der Waals surface area contributed by atoms with Crippen LogP contribution in [0, 0.1) is 27.7 Å². The van der Waals surface area contributed by atoms with Gasteiger partial charge in [0.2, 0.25) is 5.91 Å². The number of benzene rings is 2. The van der Waals surface area contributed by atoms with Crippen LogP contribution in [0.15, 0.2) is 66.9 Å². The van der Waals surface area contributed by atoms with E-state index in [4.69, 9.17) is 12.2 Å². The molecule has 0 unspecified atom stereocenters. The third-order valence-electron chi connectivity index (χ3n) is 7.67. The van der Waals surface area contributed by atoms with Gasteiger partial charge in [-0.05, 0) is 105 Å². The average Bonchev–Trinajstić information content (AvgIpc) is 3.45. The molecule has 8 nitrogen and oxygen atoms in total. The van der Waals surface area contributed by atoms with E-state index in [0.29, 0.717) is 11.5 Å². The number of thiocarbonyl (C=S) groups is 1. The van der Waals surface area contributed by atoms with Gasteiger partial charge in [-0.3, -0.25) is 9.78 Å². The van der Waals surface area contributed by atoms with Crippen LogP contribution < -0.4 is 15.5 Å². The molecule has 0 saturated carbocycles. The molecule has 5 rings (SSSR count). The second-order valence-electron chi connectivity index (χ2n) is 10.4. The topological polar surface area (TPSA) is 99.5 Å². The zero-order valence-electron chi connectivity index (χ0n) is 23.7. The van der Waals surface area contributed by atoms with Crippen LogP contribution in [0.1, 0.15) is 69.6 Å². The van der Waals surface area contributed by atoms with Crippen molar-refractivity contribution >= 4 is 40.6 Å². The third kappa shape index (κ3) is 5.20. The van der Waals surface area contributed by atoms with Gasteiger partial charge in [-0.15, -0.1) is 0 Å². The number of aromatic nitrogens is 2. The lowest BCUT2D eigenvalue weighted by atomic mass is 9.96. The van der Waals surface area contributed by atoms with Crippen molar-refractivity contribution in [3.05, 3.63) is 106 Å². The number of carboxylic acids is 1. The highest BCUT2D eigenvalue weighted by Crippen LogP contribution is 2.44. The summed E-state index contributed by atoms with van der Waals surface area (Å²) in [6.45, 7) is 9.86. The van der Waals surface area contributed by atoms with Gasteiger partial charge in [0.05, 0.1) is 23.3 Å². The van der Waals surface area contributed by atoms with Gasteiger partial charge < -0.3 is 25.2 Å². The maximum absolute atomic E-state index is 12.0. The van der Waals surface area contributed by atoms with Crippen molar-refractivity contribution in [2.24, 2.45) is 0 Å². The van der Waals surface area contributed by atoms with Gasteiger partial charge in [-0.2, -0.15) is 0 Å². The second-order valence-corrected chi connectivity index (χ2v) is 10.8. The summed E-state index contributed by atoms with van der Waals surface area (Å²) in [5.41, 5.74) is 8.51. The first-order valence-corrected chi connectivity index (χ1v) is 14.0. The Kier molecular flexibility index (Phi) is 7.64. The Morgan fingerprint density at radius 1 is 1.02 bits per heavy atom. The van der Waals surface area contributed by atoms with E-state index in [1.807, 2.05) is 70.2 Å². The third-order valence-corrected chi connectivity index (χ3v) is 7.98. The number of carboxylic acid groups (broad SMARTS) is 1. The highest BCUT2D eigenvalue weighted by molar-refractivity contribution is 7.80. The molecule has 1 amide bonds. The summed E-state index contributed by atoms with van der Waals surface area (Å²) in [6, 6.07) is 18.6. The molecular weight excluding hydrogens is 534 g/mol. The summed E-state index contributed by atoms with van der Waals surface area (Å²) in [5.74, 6) is -1.00. The molecule has 0 radical (unpaired) electrons. The molecule has 0 aliphatic carbocycles. The number of aromatic carboxylic acids is 1. The van der Waals surface area contributed by atoms with Gasteiger partial charge in [0, 0.05) is 41.1 Å². The predicted molar refractivity (Wildman–Crippen MR) is 165 cm³/mol. The summed E-state index contributed by atoms with van der Waals surface area (Å²) >= 11 is 5.93. The standard InChI is InChI=1S/C32H33N5O3S/c1-6-28(38)34-25-13-12-23(15-19(25)3)37-30(29(35-32(37)41)26-9-7-8-14-33-26)24-16-20(4)36(21(24)5)27-17-22(31(39)40)11-10-18(27)2/h7-17,29-30H,6H2,1-5H3,(H,34,38)(H,35,41)(H,39,40)/t29-,30-/m0/s1. The molecule has 0 bridgehead atoms. The summed E-state index contributed by atoms with van der Waals surface area (Å²) in [6.07, 6.45) is 2.18. The number of pyridine rings is 1. The predicted octanol–water partition coefficient (Wildman–Crippen LogP) is 6.33. The lowest BCUT2D eigenvalue weighted by Gasteiger charge is -2.29. The summed E-state index contributed by atoms with van der Waals surface area (Å²) in [5, 5.41) is 16.7. The van der Waals surface area contributed by atoms with Crippen LogP contribution in [0.3, 0.4) is 0 Å². The van der Waals surface area contributed by atoms with Gasteiger partial charge in [-0.25, -0.2) is 4.79 Å². The number of amides is 1. The van der Waals surface area contributed by atoms with Gasteiger partial charge in [0.1, 0.15) is 0 Å². The molecule has 2 atom stereocenters. The number of nitrogens with zero attached hydrogens (tertiary/aromatic N) is 3. The van der Waals surface area contributed by atoms with Crippen molar-refractivity contribution < 1.29 is 14.7 Å². The van der Waals surface area contributed by atoms with E-state index in [9.17, 15) is 14.7 Å². The molecule has 2 aromatic heterocycles. The van der Waals surface area contributed by atoms with E-state index >= 15 is 0 Å². The minimum atomic E-state index is -0.963. The van der Waals surface area contributed by atoms with Crippen molar-refractivity contribution in [2.75, 3.05) is 10.2 Å². The first kappa shape index (κ1) is 28.0. The molecule has 1 fully saturated rings. The fraction of sp³-hybridized carbons (Fsp3) is 0.250. The molecule has 3 N–H and O–H groups in total. The van der Waals surface area contributed by atoms with Crippen LogP contribution in [0.2, 0.25) is 0 Å². The number of nitrogens with one attached hydrogen (secondary N) is 2. The van der Waals surface area contributed by atoms with Gasteiger partial charge in [0.15, 0.2) is 5.11 Å². The van der Waals surface area contributed by atoms with Gasteiger partial charge in [0.25, 0.3) is 0 Å². The minimum Gasteiger partial charge on any atom is -0.478 e. The lowest BCUT2D eigenvalue weighted by Crippen LogP contribution is -2.29. The zero-order chi connectivity index (χ0) is 29.4. The molecule has 3 heterocycles. The van der Waals surface area contributed by atoms with E-state index in [1.54, 1.807) is 18.3 Å². The van der Waals surface area contributed by atoms with Crippen LogP contribution >= 0.6 is 12.2 Å². The van der Waals surface area contributed by atoms with Crippen molar-refractivity contribution in [3.8, 4) is 5.69 Å². The molecule has 1 aliphatic heterocycles. The van der Waals surface area contributed by atoms with Crippen molar-refractivity contribution in [3.63, 3.8) is 0 Å². The summed E-state index contributed by atoms with van der Waals surface area (Å²) in [7, 11) is 0. The number of anilines is 2. The van der Waals surface area contributed by atoms with Crippen molar-refractivity contribution in [1.29, 1.82) is 0 Å². The molecule has 210 valence electrons. The highest BCUT2D eigenvalue weighted by Gasteiger charge is 2.42. The number of aryl methyl sites for hydroxylation is 3. The monoisotopic (exact) mass is 567 g/mol. The van der Waals surface area contributed by atoms with Crippen molar-refractivity contribution in [1.82, 2.24) is 14.9 Å². The van der Waals surface area contributed by atoms with E-state index < -0.39 is 5.97 Å². The molecule has 41 heavy (non-hydrogen) atoms. The largest absolute Gasteiger partial charge is 0.478 e. The maximum atomic E-state index is 12.0. The quantitative estimate of drug-likeness (QED) is 0.225. The Morgan fingerprint density at radius 3 is 2.46 bits per heavy atom. The van der Waals surface area contributed by atoms with E-state index in [2.05, 4.69) is 38.1 Å². The van der Waals surface area contributed by atoms with E-state index in [-0.39, 0.29) is 23.6 Å². The molecular formula is C32H33N5O3S. The first-order chi connectivity index (χ1) is 19.6. The fourth-order valence-corrected chi connectivity index (χ4v) is 5.91. The Bertz CT molecular complexity index is 1660. The zero-order valence-corrected chi connectivity index (χ0v) is 24.5. The van der Waals surface area contributed by atoms with Crippen LogP contribution in [0.4, 0.5) is 11.4 Å². The number of hydrogen-bond acceptors (Lipinski definition) is 4. The van der Waals surface area contributed by atoms with Gasteiger partial charge >= 0.3 is 5.97 Å². The maximum Gasteiger partial charge on any atom is 0.335 e. The Morgan fingerprint density at radius 2 is 1.80 bits per heavy atom. The number of hydrogen-bond donors (Lipinski definition) is 3. The minimum absolute atomic E-state index is 0.0398. The second kappa shape index (κ2) is 11.2. The molecule has 2 aromatic carbocycles. The number of carbonyl (C=O) groups is 2. The fourth-order valence-electron chi connectivity index (χ4n) is 5.57. The van der Waals surface area contributed by atoms with Crippen LogP contribution in [0.5, 0.6) is 0 Å². The summed E-state index contributed by atoms with van der Waals surface area (Å²) < 4.78 is 2.11. The van der Waals surface area contributed by atoms with Crippen LogP contribution in [0.25, 0.3) is 5.69 Å². The normalized spacial score (nSPS) is 16.5. The molecule has 1 aliphatic rings. The van der Waals surface area contributed by atoms with Crippen LogP contribution in [-0.2, 0) is 4.79 Å². The molecule has 1 saturated heterocycles. The first-order valence-electron chi connectivity index (χ1n) is 13.5. The number of carbonyl (C=O) groups excluding carboxylic acids is 1.